The van der Waals surface area contributed by atoms with E-state index in [-0.39, 0.29) is 17.7 Å². The second-order valence-electron chi connectivity index (χ2n) is 6.81. The van der Waals surface area contributed by atoms with E-state index in [2.05, 4.69) is 15.6 Å². The second kappa shape index (κ2) is 5.41. The lowest BCUT2D eigenvalue weighted by Gasteiger charge is -2.30. The van der Waals surface area contributed by atoms with E-state index < -0.39 is 0 Å². The molecule has 2 fully saturated rings. The molecule has 1 unspecified atom stereocenters. The Kier molecular flexibility index (Phi) is 3.39. The zero-order chi connectivity index (χ0) is 15.1. The summed E-state index contributed by atoms with van der Waals surface area (Å²) in [4.78, 5) is 28.7. The van der Waals surface area contributed by atoms with Gasteiger partial charge in [-0.05, 0) is 44.9 Å². The molecule has 2 amide bonds. The molecule has 0 spiro atoms. The van der Waals surface area contributed by atoms with Crippen LogP contribution in [0.15, 0.2) is 6.33 Å². The molecule has 2 saturated carbocycles. The Morgan fingerprint density at radius 1 is 1.09 bits per heavy atom. The summed E-state index contributed by atoms with van der Waals surface area (Å²) in [6.45, 7) is 0.637. The van der Waals surface area contributed by atoms with Gasteiger partial charge in [-0.1, -0.05) is 0 Å². The molecule has 1 aliphatic heterocycles. The first-order valence-corrected chi connectivity index (χ1v) is 8.36. The van der Waals surface area contributed by atoms with Crippen LogP contribution in [0.2, 0.25) is 0 Å². The van der Waals surface area contributed by atoms with Crippen LogP contribution in [0.5, 0.6) is 0 Å². The van der Waals surface area contributed by atoms with Gasteiger partial charge >= 0.3 is 0 Å². The zero-order valence-electron chi connectivity index (χ0n) is 12.7. The highest BCUT2D eigenvalue weighted by Crippen LogP contribution is 2.25. The average Bonchev–Trinajstić information content (AvgIpc) is 3.18. The summed E-state index contributed by atoms with van der Waals surface area (Å²) >= 11 is 0. The molecule has 2 N–H and O–H groups in total. The Bertz CT molecular complexity index is 601. The summed E-state index contributed by atoms with van der Waals surface area (Å²) in [5.41, 5.74) is 1.52. The van der Waals surface area contributed by atoms with Gasteiger partial charge in [0, 0.05) is 18.6 Å². The number of rotatable bonds is 4. The molecule has 1 aromatic rings. The number of hydrogen-bond donors (Lipinski definition) is 2. The summed E-state index contributed by atoms with van der Waals surface area (Å²) in [7, 11) is 0. The molecule has 1 atom stereocenters. The SMILES string of the molecule is O=C(NC1CC1)c1ncn2c1CCC(C(=O)NC1CCC1)C2. The maximum absolute atomic E-state index is 12.3. The molecule has 118 valence electrons. The third kappa shape index (κ3) is 2.62. The molecule has 6 heteroatoms. The normalized spacial score (nSPS) is 24.3. The number of amides is 2. The van der Waals surface area contributed by atoms with E-state index in [4.69, 9.17) is 0 Å². The van der Waals surface area contributed by atoms with Crippen LogP contribution >= 0.6 is 0 Å². The second-order valence-corrected chi connectivity index (χ2v) is 6.81. The zero-order valence-corrected chi connectivity index (χ0v) is 12.7. The van der Waals surface area contributed by atoms with Crippen molar-refractivity contribution in [1.29, 1.82) is 0 Å². The minimum Gasteiger partial charge on any atom is -0.353 e. The van der Waals surface area contributed by atoms with Crippen molar-refractivity contribution < 1.29 is 9.59 Å². The van der Waals surface area contributed by atoms with Gasteiger partial charge in [-0.25, -0.2) is 4.98 Å². The van der Waals surface area contributed by atoms with E-state index in [1.165, 1.54) is 6.42 Å². The van der Waals surface area contributed by atoms with E-state index in [1.807, 2.05) is 4.57 Å². The van der Waals surface area contributed by atoms with Crippen LogP contribution in [0, 0.1) is 5.92 Å². The summed E-state index contributed by atoms with van der Waals surface area (Å²) < 4.78 is 1.98. The van der Waals surface area contributed by atoms with Crippen molar-refractivity contribution in [3.8, 4) is 0 Å². The molecule has 2 heterocycles. The van der Waals surface area contributed by atoms with E-state index >= 15 is 0 Å². The van der Waals surface area contributed by atoms with Gasteiger partial charge in [0.1, 0.15) is 5.69 Å². The van der Waals surface area contributed by atoms with Gasteiger partial charge in [-0.2, -0.15) is 0 Å². The molecule has 3 aliphatic rings. The molecule has 0 bridgehead atoms. The van der Waals surface area contributed by atoms with Gasteiger partial charge in [-0.15, -0.1) is 0 Å². The topological polar surface area (TPSA) is 76.0 Å². The van der Waals surface area contributed by atoms with E-state index in [1.54, 1.807) is 6.33 Å². The largest absolute Gasteiger partial charge is 0.353 e. The van der Waals surface area contributed by atoms with Crippen LogP contribution in [-0.2, 0) is 17.8 Å². The number of carbonyl (C=O) groups excluding carboxylic acids is 2. The van der Waals surface area contributed by atoms with Crippen molar-refractivity contribution in [2.45, 2.75) is 63.6 Å². The smallest absolute Gasteiger partial charge is 0.271 e. The summed E-state index contributed by atoms with van der Waals surface area (Å²) in [6, 6.07) is 0.728. The Labute approximate surface area is 129 Å². The first-order valence-electron chi connectivity index (χ1n) is 8.36. The molecule has 1 aromatic heterocycles. The van der Waals surface area contributed by atoms with Crippen molar-refractivity contribution in [2.75, 3.05) is 0 Å². The Hall–Kier alpha value is -1.85. The minimum absolute atomic E-state index is 0.00152. The lowest BCUT2D eigenvalue weighted by molar-refractivity contribution is -0.127. The molecular formula is C16H22N4O2. The van der Waals surface area contributed by atoms with Crippen LogP contribution < -0.4 is 10.6 Å². The molecule has 4 rings (SSSR count). The number of nitrogens with one attached hydrogen (secondary N) is 2. The quantitative estimate of drug-likeness (QED) is 0.871. The van der Waals surface area contributed by atoms with E-state index in [0.717, 1.165) is 44.2 Å². The minimum atomic E-state index is -0.0615. The molecule has 22 heavy (non-hydrogen) atoms. The van der Waals surface area contributed by atoms with E-state index in [0.29, 0.717) is 24.3 Å². The van der Waals surface area contributed by atoms with E-state index in [9.17, 15) is 9.59 Å². The van der Waals surface area contributed by atoms with Crippen molar-refractivity contribution in [2.24, 2.45) is 5.92 Å². The molecular weight excluding hydrogens is 280 g/mol. The summed E-state index contributed by atoms with van der Waals surface area (Å²) in [5.74, 6) is 0.100. The van der Waals surface area contributed by atoms with Crippen LogP contribution in [0.1, 0.15) is 54.7 Å². The van der Waals surface area contributed by atoms with Gasteiger partial charge in [0.15, 0.2) is 0 Å². The highest BCUT2D eigenvalue weighted by atomic mass is 16.2. The fourth-order valence-electron chi connectivity index (χ4n) is 3.22. The van der Waals surface area contributed by atoms with Crippen molar-refractivity contribution in [3.05, 3.63) is 17.7 Å². The van der Waals surface area contributed by atoms with Crippen LogP contribution in [0.4, 0.5) is 0 Å². The monoisotopic (exact) mass is 302 g/mol. The third-order valence-corrected chi connectivity index (χ3v) is 5.04. The number of hydrogen-bond acceptors (Lipinski definition) is 3. The lowest BCUT2D eigenvalue weighted by Crippen LogP contribution is -2.44. The predicted octanol–water partition coefficient (Wildman–Crippen LogP) is 1.01. The lowest BCUT2D eigenvalue weighted by atomic mass is 9.91. The molecule has 0 aromatic carbocycles. The van der Waals surface area contributed by atoms with Crippen LogP contribution in [0.25, 0.3) is 0 Å². The predicted molar refractivity (Wildman–Crippen MR) is 80.3 cm³/mol. The fourth-order valence-corrected chi connectivity index (χ4v) is 3.22. The number of fused-ring (bicyclic) bond motifs is 1. The standard InChI is InChI=1S/C16H22N4O2/c21-15(18-11-2-1-3-11)10-4-7-13-14(17-9-20(13)8-10)16(22)19-12-5-6-12/h9-12H,1-8H2,(H,18,21)(H,19,22). The molecule has 2 aliphatic carbocycles. The summed E-state index contributed by atoms with van der Waals surface area (Å²) in [6.07, 6.45) is 8.85. The maximum atomic E-state index is 12.3. The van der Waals surface area contributed by atoms with Gasteiger partial charge in [0.2, 0.25) is 5.91 Å². The van der Waals surface area contributed by atoms with Crippen molar-refractivity contribution >= 4 is 11.8 Å². The third-order valence-electron chi connectivity index (χ3n) is 5.04. The maximum Gasteiger partial charge on any atom is 0.271 e. The highest BCUT2D eigenvalue weighted by Gasteiger charge is 2.32. The van der Waals surface area contributed by atoms with Gasteiger partial charge in [0.05, 0.1) is 17.9 Å². The fraction of sp³-hybridized carbons (Fsp3) is 0.688. The van der Waals surface area contributed by atoms with Crippen LogP contribution in [-0.4, -0.2) is 33.4 Å². The first-order chi connectivity index (χ1) is 10.7. The Balaban J connectivity index is 1.41. The Morgan fingerprint density at radius 3 is 2.55 bits per heavy atom. The summed E-state index contributed by atoms with van der Waals surface area (Å²) in [5, 5.41) is 6.12. The first kappa shape index (κ1) is 13.8. The van der Waals surface area contributed by atoms with Crippen molar-refractivity contribution in [3.63, 3.8) is 0 Å². The van der Waals surface area contributed by atoms with Gasteiger partial charge < -0.3 is 15.2 Å². The number of nitrogens with zero attached hydrogens (tertiary/aromatic N) is 2. The van der Waals surface area contributed by atoms with Gasteiger partial charge in [0.25, 0.3) is 5.91 Å². The molecule has 0 radical (unpaired) electrons. The van der Waals surface area contributed by atoms with Gasteiger partial charge in [-0.3, -0.25) is 9.59 Å². The number of carbonyl (C=O) groups is 2. The molecule has 0 saturated heterocycles. The Morgan fingerprint density at radius 2 is 1.86 bits per heavy atom. The van der Waals surface area contributed by atoms with Crippen LogP contribution in [0.3, 0.4) is 0 Å². The number of imidazole rings is 1. The number of aromatic nitrogens is 2. The average molecular weight is 302 g/mol. The molecule has 6 nitrogen and oxygen atoms in total. The van der Waals surface area contributed by atoms with Crippen molar-refractivity contribution in [1.82, 2.24) is 20.2 Å². The highest BCUT2D eigenvalue weighted by molar-refractivity contribution is 5.94.